The Morgan fingerprint density at radius 1 is 1.32 bits per heavy atom. The molecule has 0 radical (unpaired) electrons. The second kappa shape index (κ2) is 5.39. The Bertz CT molecular complexity index is 643. The normalized spacial score (nSPS) is 10.2. The highest BCUT2D eigenvalue weighted by Gasteiger charge is 2.20. The van der Waals surface area contributed by atoms with Crippen molar-refractivity contribution in [3.05, 3.63) is 52.4 Å². The van der Waals surface area contributed by atoms with E-state index in [0.29, 0.717) is 5.56 Å². The Morgan fingerprint density at radius 2 is 2.00 bits per heavy atom. The highest BCUT2D eigenvalue weighted by molar-refractivity contribution is 5.92. The zero-order valence-corrected chi connectivity index (χ0v) is 10.3. The van der Waals surface area contributed by atoms with Crippen LogP contribution >= 0.6 is 0 Å². The summed E-state index contributed by atoms with van der Waals surface area (Å²) in [6, 6.07) is 10.0. The second-order valence-electron chi connectivity index (χ2n) is 3.74. The molecule has 1 aromatic heterocycles. The number of aromatic hydroxyl groups is 1. The maximum atomic E-state index is 11.7. The van der Waals surface area contributed by atoms with Crippen molar-refractivity contribution in [2.45, 2.75) is 6.92 Å². The Balaban J connectivity index is 2.49. The third-order valence-corrected chi connectivity index (χ3v) is 2.47. The number of hydrogen-bond acceptors (Lipinski definition) is 5. The summed E-state index contributed by atoms with van der Waals surface area (Å²) in [5, 5.41) is 9.77. The van der Waals surface area contributed by atoms with E-state index in [4.69, 9.17) is 4.42 Å². The third kappa shape index (κ3) is 2.65. The van der Waals surface area contributed by atoms with Gasteiger partial charge in [-0.2, -0.15) is 0 Å². The van der Waals surface area contributed by atoms with Gasteiger partial charge in [0.25, 0.3) is 0 Å². The summed E-state index contributed by atoms with van der Waals surface area (Å²) < 4.78 is 9.70. The van der Waals surface area contributed by atoms with E-state index in [1.54, 1.807) is 31.2 Å². The molecule has 2 aromatic rings. The average Bonchev–Trinajstić information content (AvgIpc) is 2.39. The molecule has 1 aromatic carbocycles. The molecule has 5 nitrogen and oxygen atoms in total. The molecule has 1 heterocycles. The van der Waals surface area contributed by atoms with Crippen LogP contribution in [0.25, 0.3) is 11.3 Å². The molecule has 0 aliphatic rings. The van der Waals surface area contributed by atoms with Crippen molar-refractivity contribution in [2.75, 3.05) is 6.61 Å². The molecule has 98 valence electrons. The van der Waals surface area contributed by atoms with Gasteiger partial charge in [-0.25, -0.2) is 9.59 Å². The summed E-state index contributed by atoms with van der Waals surface area (Å²) in [7, 11) is 0. The van der Waals surface area contributed by atoms with E-state index < -0.39 is 22.9 Å². The van der Waals surface area contributed by atoms with Gasteiger partial charge >= 0.3 is 11.6 Å². The van der Waals surface area contributed by atoms with E-state index in [1.165, 1.54) is 6.07 Å². The van der Waals surface area contributed by atoms with Crippen LogP contribution in [-0.4, -0.2) is 17.7 Å². The lowest BCUT2D eigenvalue weighted by Crippen LogP contribution is -2.17. The molecule has 1 N–H and O–H groups in total. The molecular weight excluding hydrogens is 248 g/mol. The Hall–Kier alpha value is -2.56. The van der Waals surface area contributed by atoms with Crippen LogP contribution in [0, 0.1) is 0 Å². The van der Waals surface area contributed by atoms with Gasteiger partial charge in [0.15, 0.2) is 5.56 Å². The molecule has 0 spiro atoms. The standard InChI is InChI=1S/C14H12O5/c1-2-18-13(16)12-10(15)8-11(19-14(12)17)9-6-4-3-5-7-9/h3-8,15H,2H2,1H3. The van der Waals surface area contributed by atoms with Crippen molar-refractivity contribution < 1.29 is 19.1 Å². The number of carbonyl (C=O) groups is 1. The largest absolute Gasteiger partial charge is 0.507 e. The van der Waals surface area contributed by atoms with Crippen molar-refractivity contribution >= 4 is 5.97 Å². The lowest BCUT2D eigenvalue weighted by atomic mass is 10.1. The van der Waals surface area contributed by atoms with E-state index in [1.807, 2.05) is 6.07 Å². The molecule has 2 rings (SSSR count). The molecule has 0 atom stereocenters. The van der Waals surface area contributed by atoms with E-state index in [2.05, 4.69) is 4.74 Å². The number of ether oxygens (including phenoxy) is 1. The molecule has 0 bridgehead atoms. The maximum absolute atomic E-state index is 11.7. The van der Waals surface area contributed by atoms with E-state index >= 15 is 0 Å². The van der Waals surface area contributed by atoms with Crippen molar-refractivity contribution in [2.24, 2.45) is 0 Å². The van der Waals surface area contributed by atoms with Crippen molar-refractivity contribution in [3.8, 4) is 17.1 Å². The second-order valence-corrected chi connectivity index (χ2v) is 3.74. The minimum Gasteiger partial charge on any atom is -0.507 e. The van der Waals surface area contributed by atoms with Gasteiger partial charge in [0.05, 0.1) is 6.61 Å². The zero-order chi connectivity index (χ0) is 13.8. The molecule has 0 unspecified atom stereocenters. The van der Waals surface area contributed by atoms with Crippen molar-refractivity contribution in [1.29, 1.82) is 0 Å². The zero-order valence-electron chi connectivity index (χ0n) is 10.3. The van der Waals surface area contributed by atoms with Crippen LogP contribution in [0.15, 0.2) is 45.6 Å². The fourth-order valence-electron chi connectivity index (χ4n) is 1.62. The van der Waals surface area contributed by atoms with Crippen LogP contribution in [0.2, 0.25) is 0 Å². The van der Waals surface area contributed by atoms with E-state index in [0.717, 1.165) is 0 Å². The molecule has 5 heteroatoms. The minimum atomic E-state index is -0.919. The highest BCUT2D eigenvalue weighted by Crippen LogP contribution is 2.24. The maximum Gasteiger partial charge on any atom is 0.354 e. The van der Waals surface area contributed by atoms with Crippen LogP contribution in [0.5, 0.6) is 5.75 Å². The number of rotatable bonds is 3. The van der Waals surface area contributed by atoms with Crippen LogP contribution in [-0.2, 0) is 4.74 Å². The number of carbonyl (C=O) groups excluding carboxylic acids is 1. The lowest BCUT2D eigenvalue weighted by Gasteiger charge is -2.05. The van der Waals surface area contributed by atoms with Gasteiger partial charge < -0.3 is 14.3 Å². The molecular formula is C14H12O5. The van der Waals surface area contributed by atoms with E-state index in [9.17, 15) is 14.7 Å². The van der Waals surface area contributed by atoms with Crippen LogP contribution in [0.1, 0.15) is 17.3 Å². The first-order valence-electron chi connectivity index (χ1n) is 5.73. The first kappa shape index (κ1) is 12.9. The summed E-state index contributed by atoms with van der Waals surface area (Å²) in [4.78, 5) is 23.2. The van der Waals surface area contributed by atoms with Crippen molar-refractivity contribution in [3.63, 3.8) is 0 Å². The molecule has 0 saturated carbocycles. The lowest BCUT2D eigenvalue weighted by molar-refractivity contribution is 0.0517. The first-order chi connectivity index (χ1) is 9.13. The monoisotopic (exact) mass is 260 g/mol. The van der Waals surface area contributed by atoms with Gasteiger partial charge in [0.1, 0.15) is 11.5 Å². The van der Waals surface area contributed by atoms with Crippen molar-refractivity contribution in [1.82, 2.24) is 0 Å². The molecule has 0 fully saturated rings. The Morgan fingerprint density at radius 3 is 2.58 bits per heavy atom. The summed E-state index contributed by atoms with van der Waals surface area (Å²) >= 11 is 0. The molecule has 19 heavy (non-hydrogen) atoms. The average molecular weight is 260 g/mol. The molecule has 0 saturated heterocycles. The predicted octanol–water partition coefficient (Wildman–Crippen LogP) is 2.19. The van der Waals surface area contributed by atoms with E-state index in [-0.39, 0.29) is 12.4 Å². The number of esters is 1. The predicted molar refractivity (Wildman–Crippen MR) is 68.0 cm³/mol. The van der Waals surface area contributed by atoms with Gasteiger partial charge in [0, 0.05) is 11.6 Å². The molecule has 0 amide bonds. The fourth-order valence-corrected chi connectivity index (χ4v) is 1.62. The van der Waals surface area contributed by atoms with Gasteiger partial charge in [0.2, 0.25) is 0 Å². The summed E-state index contributed by atoms with van der Waals surface area (Å²) in [6.07, 6.45) is 0. The van der Waals surface area contributed by atoms with Crippen LogP contribution in [0.3, 0.4) is 0 Å². The van der Waals surface area contributed by atoms with Gasteiger partial charge in [-0.1, -0.05) is 30.3 Å². The summed E-state index contributed by atoms with van der Waals surface area (Å²) in [5.74, 6) is -1.15. The van der Waals surface area contributed by atoms with Gasteiger partial charge in [-0.15, -0.1) is 0 Å². The Labute approximate surface area is 109 Å². The van der Waals surface area contributed by atoms with Gasteiger partial charge in [-0.05, 0) is 6.92 Å². The van der Waals surface area contributed by atoms with Gasteiger partial charge in [-0.3, -0.25) is 0 Å². The Kier molecular flexibility index (Phi) is 3.66. The topological polar surface area (TPSA) is 76.7 Å². The van der Waals surface area contributed by atoms with Crippen LogP contribution < -0.4 is 5.63 Å². The number of hydrogen-bond donors (Lipinski definition) is 1. The molecule has 0 aliphatic heterocycles. The smallest absolute Gasteiger partial charge is 0.354 e. The molecule has 0 aliphatic carbocycles. The summed E-state index contributed by atoms with van der Waals surface area (Å²) in [6.45, 7) is 1.72. The third-order valence-electron chi connectivity index (χ3n) is 2.47. The first-order valence-corrected chi connectivity index (χ1v) is 5.73. The minimum absolute atomic E-state index is 0.109. The quantitative estimate of drug-likeness (QED) is 0.856. The van der Waals surface area contributed by atoms with Crippen LogP contribution in [0.4, 0.5) is 0 Å². The highest BCUT2D eigenvalue weighted by atomic mass is 16.5. The number of benzene rings is 1. The SMILES string of the molecule is CCOC(=O)c1c(O)cc(-c2ccccc2)oc1=O. The summed E-state index contributed by atoms with van der Waals surface area (Å²) in [5.41, 5.74) is -0.774. The fraction of sp³-hybridized carbons (Fsp3) is 0.143.